The Hall–Kier alpha value is -0.970. The van der Waals surface area contributed by atoms with Crippen LogP contribution in [0.5, 0.6) is 0 Å². The van der Waals surface area contributed by atoms with Crippen LogP contribution in [0.15, 0.2) is 12.1 Å². The molecule has 1 aromatic rings. The average Bonchev–Trinajstić information content (AvgIpc) is 2.29. The molecule has 0 heterocycles. The van der Waals surface area contributed by atoms with E-state index in [-0.39, 0.29) is 12.3 Å². The molecule has 6 heteroatoms. The van der Waals surface area contributed by atoms with Crippen molar-refractivity contribution < 1.29 is 9.53 Å². The zero-order valence-electron chi connectivity index (χ0n) is 11.0. The number of anilines is 2. The molecule has 19 heavy (non-hydrogen) atoms. The number of carbonyl (C=O) groups excluding carboxylic acids is 1. The van der Waals surface area contributed by atoms with E-state index in [2.05, 4.69) is 5.32 Å². The first kappa shape index (κ1) is 16.1. The van der Waals surface area contributed by atoms with Crippen LogP contribution in [0.3, 0.4) is 0 Å². The Morgan fingerprint density at radius 3 is 2.68 bits per heavy atom. The molecule has 106 valence electrons. The molecule has 0 fully saturated rings. The molecule has 0 aromatic heterocycles. The minimum atomic E-state index is -0.195. The third kappa shape index (κ3) is 5.68. The molecule has 0 aliphatic rings. The fourth-order valence-corrected chi connectivity index (χ4v) is 1.97. The van der Waals surface area contributed by atoms with E-state index in [0.717, 1.165) is 0 Å². The summed E-state index contributed by atoms with van der Waals surface area (Å²) in [4.78, 5) is 11.7. The van der Waals surface area contributed by atoms with Crippen LogP contribution in [-0.2, 0) is 9.53 Å². The van der Waals surface area contributed by atoms with E-state index in [0.29, 0.717) is 40.6 Å². The molecule has 3 N–H and O–H groups in total. The lowest BCUT2D eigenvalue weighted by atomic mass is 10.2. The van der Waals surface area contributed by atoms with Gasteiger partial charge in [0.25, 0.3) is 0 Å². The third-order valence-corrected chi connectivity index (χ3v) is 2.79. The lowest BCUT2D eigenvalue weighted by Gasteiger charge is -2.11. The highest BCUT2D eigenvalue weighted by atomic mass is 35.5. The maximum absolute atomic E-state index is 11.7. The summed E-state index contributed by atoms with van der Waals surface area (Å²) in [5, 5.41) is 3.41. The summed E-state index contributed by atoms with van der Waals surface area (Å²) in [6.07, 6.45) is 0.255. The van der Waals surface area contributed by atoms with Crippen molar-refractivity contribution in [3.05, 3.63) is 22.2 Å². The molecule has 1 aromatic carbocycles. The molecule has 0 spiro atoms. The van der Waals surface area contributed by atoms with Crippen molar-refractivity contribution in [1.82, 2.24) is 0 Å². The first-order valence-electron chi connectivity index (χ1n) is 6.02. The summed E-state index contributed by atoms with van der Waals surface area (Å²) in [6.45, 7) is 5.11. The Morgan fingerprint density at radius 1 is 1.42 bits per heavy atom. The second-order valence-electron chi connectivity index (χ2n) is 4.62. The number of nitrogens with one attached hydrogen (secondary N) is 1. The Balaban J connectivity index is 2.49. The van der Waals surface area contributed by atoms with Gasteiger partial charge in [0.2, 0.25) is 5.91 Å². The summed E-state index contributed by atoms with van der Waals surface area (Å²) in [5.74, 6) is 0.254. The second kappa shape index (κ2) is 7.58. The molecular formula is C13H18Cl2N2O2. The van der Waals surface area contributed by atoms with Gasteiger partial charge in [-0.3, -0.25) is 4.79 Å². The van der Waals surface area contributed by atoms with Gasteiger partial charge in [0.15, 0.2) is 0 Å². The summed E-state index contributed by atoms with van der Waals surface area (Å²) < 4.78 is 5.34. The third-order valence-electron chi connectivity index (χ3n) is 2.27. The Morgan fingerprint density at radius 2 is 2.11 bits per heavy atom. The highest BCUT2D eigenvalue weighted by Gasteiger charge is 2.10. The van der Waals surface area contributed by atoms with Gasteiger partial charge in [-0.25, -0.2) is 0 Å². The first-order chi connectivity index (χ1) is 8.90. The summed E-state index contributed by atoms with van der Waals surface area (Å²) in [6, 6.07) is 3.07. The van der Waals surface area contributed by atoms with Gasteiger partial charge in [0, 0.05) is 11.6 Å². The van der Waals surface area contributed by atoms with Crippen molar-refractivity contribution in [1.29, 1.82) is 0 Å². The fraction of sp³-hybridized carbons (Fsp3) is 0.462. The quantitative estimate of drug-likeness (QED) is 0.623. The maximum Gasteiger partial charge on any atom is 0.226 e. The summed E-state index contributed by atoms with van der Waals surface area (Å²) in [5.41, 5.74) is 6.48. The number of nitrogens with two attached hydrogens (primary N) is 1. The smallest absolute Gasteiger partial charge is 0.226 e. The van der Waals surface area contributed by atoms with Gasteiger partial charge in [0.05, 0.1) is 29.4 Å². The molecule has 0 atom stereocenters. The van der Waals surface area contributed by atoms with Crippen LogP contribution in [0.2, 0.25) is 10.0 Å². The summed E-state index contributed by atoms with van der Waals surface area (Å²) >= 11 is 11.8. The highest BCUT2D eigenvalue weighted by Crippen LogP contribution is 2.32. The number of hydrogen-bond acceptors (Lipinski definition) is 3. The Kier molecular flexibility index (Phi) is 6.42. The van der Waals surface area contributed by atoms with Crippen LogP contribution in [0.4, 0.5) is 11.4 Å². The number of ether oxygens (including phenoxy) is 1. The number of benzene rings is 1. The van der Waals surface area contributed by atoms with E-state index in [1.807, 2.05) is 13.8 Å². The zero-order chi connectivity index (χ0) is 14.4. The predicted molar refractivity (Wildman–Crippen MR) is 79.8 cm³/mol. The highest BCUT2D eigenvalue weighted by molar-refractivity contribution is 6.37. The van der Waals surface area contributed by atoms with Gasteiger partial charge in [-0.05, 0) is 18.1 Å². The van der Waals surface area contributed by atoms with Crippen molar-refractivity contribution in [3.63, 3.8) is 0 Å². The van der Waals surface area contributed by atoms with E-state index >= 15 is 0 Å². The van der Waals surface area contributed by atoms with Crippen LogP contribution in [0, 0.1) is 5.92 Å². The largest absolute Gasteiger partial charge is 0.397 e. The minimum Gasteiger partial charge on any atom is -0.397 e. The standard InChI is InChI=1S/C13H18Cl2N2O2/c1-8(2)7-19-4-3-12(18)17-13-10(15)5-9(14)6-11(13)16/h5-6,8H,3-4,7,16H2,1-2H3,(H,17,18). The van der Waals surface area contributed by atoms with E-state index < -0.39 is 0 Å². The van der Waals surface area contributed by atoms with E-state index in [1.54, 1.807) is 0 Å². The number of carbonyl (C=O) groups is 1. The topological polar surface area (TPSA) is 64.3 Å². The molecule has 4 nitrogen and oxygen atoms in total. The molecule has 0 saturated heterocycles. The number of rotatable bonds is 6. The van der Waals surface area contributed by atoms with Gasteiger partial charge >= 0.3 is 0 Å². The Labute approximate surface area is 123 Å². The fourth-order valence-electron chi connectivity index (χ4n) is 1.41. The molecule has 0 radical (unpaired) electrons. The monoisotopic (exact) mass is 304 g/mol. The average molecular weight is 305 g/mol. The molecule has 1 rings (SSSR count). The van der Waals surface area contributed by atoms with Crippen LogP contribution < -0.4 is 11.1 Å². The van der Waals surface area contributed by atoms with Gasteiger partial charge in [-0.15, -0.1) is 0 Å². The van der Waals surface area contributed by atoms with Gasteiger partial charge < -0.3 is 15.8 Å². The van der Waals surface area contributed by atoms with E-state index in [9.17, 15) is 4.79 Å². The number of amides is 1. The van der Waals surface area contributed by atoms with Crippen LogP contribution in [0.1, 0.15) is 20.3 Å². The van der Waals surface area contributed by atoms with Crippen LogP contribution >= 0.6 is 23.2 Å². The van der Waals surface area contributed by atoms with Gasteiger partial charge in [-0.2, -0.15) is 0 Å². The number of nitrogen functional groups attached to an aromatic ring is 1. The minimum absolute atomic E-state index is 0.195. The molecule has 0 saturated carbocycles. The summed E-state index contributed by atoms with van der Waals surface area (Å²) in [7, 11) is 0. The van der Waals surface area contributed by atoms with Crippen molar-refractivity contribution in [2.45, 2.75) is 20.3 Å². The van der Waals surface area contributed by atoms with E-state index in [4.69, 9.17) is 33.7 Å². The van der Waals surface area contributed by atoms with Crippen LogP contribution in [-0.4, -0.2) is 19.1 Å². The maximum atomic E-state index is 11.7. The lowest BCUT2D eigenvalue weighted by molar-refractivity contribution is -0.117. The molecule has 0 bridgehead atoms. The van der Waals surface area contributed by atoms with E-state index in [1.165, 1.54) is 12.1 Å². The van der Waals surface area contributed by atoms with Crippen molar-refractivity contribution in [2.24, 2.45) is 5.92 Å². The predicted octanol–water partition coefficient (Wildman–Crippen LogP) is 3.58. The van der Waals surface area contributed by atoms with Gasteiger partial charge in [-0.1, -0.05) is 37.0 Å². The number of hydrogen-bond donors (Lipinski definition) is 2. The second-order valence-corrected chi connectivity index (χ2v) is 5.46. The number of halogens is 2. The molecular weight excluding hydrogens is 287 g/mol. The Bertz CT molecular complexity index is 427. The molecule has 1 amide bonds. The van der Waals surface area contributed by atoms with Crippen LogP contribution in [0.25, 0.3) is 0 Å². The molecule has 0 aliphatic heterocycles. The zero-order valence-corrected chi connectivity index (χ0v) is 12.5. The first-order valence-corrected chi connectivity index (χ1v) is 6.78. The van der Waals surface area contributed by atoms with Crippen molar-refractivity contribution in [2.75, 3.05) is 24.3 Å². The van der Waals surface area contributed by atoms with Crippen molar-refractivity contribution in [3.8, 4) is 0 Å². The lowest BCUT2D eigenvalue weighted by Crippen LogP contribution is -2.16. The van der Waals surface area contributed by atoms with Gasteiger partial charge in [0.1, 0.15) is 0 Å². The molecule has 0 unspecified atom stereocenters. The normalized spacial score (nSPS) is 10.8. The van der Waals surface area contributed by atoms with Crippen molar-refractivity contribution >= 4 is 40.5 Å². The molecule has 0 aliphatic carbocycles. The SMILES string of the molecule is CC(C)COCCC(=O)Nc1c(N)cc(Cl)cc1Cl.